The fourth-order valence-corrected chi connectivity index (χ4v) is 0. The summed E-state index contributed by atoms with van der Waals surface area (Å²) in [6, 6.07) is 0. The van der Waals surface area contributed by atoms with Gasteiger partial charge in [-0.1, -0.05) is 17.6 Å². The van der Waals surface area contributed by atoms with Crippen molar-refractivity contribution in [1.29, 1.82) is 0 Å². The van der Waals surface area contributed by atoms with E-state index in [4.69, 9.17) is 10.2 Å². The van der Waals surface area contributed by atoms with Crippen LogP contribution >= 0.6 is 0 Å². The molecule has 0 unspecified atom stereocenters. The molecule has 0 atom stereocenters. The van der Waals surface area contributed by atoms with Gasteiger partial charge < -0.3 is 0 Å². The molecule has 3 nitrogen and oxygen atoms in total. The Morgan fingerprint density at radius 3 is 1.60 bits per heavy atom. The Morgan fingerprint density at radius 2 is 1.60 bits per heavy atom. The van der Waals surface area contributed by atoms with Crippen molar-refractivity contribution < 1.29 is 22.3 Å². The van der Waals surface area contributed by atoms with E-state index in [1.807, 2.05) is 0 Å². The summed E-state index contributed by atoms with van der Waals surface area (Å²) in [7, 11) is 0. The molecule has 0 amide bonds. The fraction of sp³-hybridized carbons (Fsp3) is 1.00. The van der Waals surface area contributed by atoms with E-state index < -0.39 is 0 Å². The maximum atomic E-state index is 7.88. The van der Waals surface area contributed by atoms with E-state index >= 15 is 0 Å². The van der Waals surface area contributed by atoms with E-state index in [2.05, 4.69) is 0 Å². The first kappa shape index (κ1) is 20.5. The average Bonchev–Trinajstić information content (AvgIpc) is 0.918. The van der Waals surface area contributed by atoms with Crippen molar-refractivity contribution in [2.45, 2.75) is 7.43 Å². The minimum atomic E-state index is 0. The Bertz CT molecular complexity index is 14.4. The van der Waals surface area contributed by atoms with Crippen LogP contribution in [0.25, 0.3) is 0 Å². The van der Waals surface area contributed by atoms with Crippen LogP contribution < -0.4 is 5.26 Å². The molecule has 0 radical (unpaired) electrons. The van der Waals surface area contributed by atoms with Crippen LogP contribution in [0.3, 0.4) is 0 Å². The molecule has 0 aromatic carbocycles. The van der Waals surface area contributed by atoms with Gasteiger partial charge in [0.05, 0.1) is 0 Å². The van der Waals surface area contributed by atoms with Gasteiger partial charge in [-0.15, -0.1) is 0 Å². The van der Waals surface area contributed by atoms with Crippen LogP contribution in [0, 0.1) is 9.71 Å². The summed E-state index contributed by atoms with van der Waals surface area (Å²) >= 11 is 0. The van der Waals surface area contributed by atoms with Crippen molar-refractivity contribution in [2.75, 3.05) is 0 Å². The minimum Gasteiger partial charge on any atom is -0.0776 e. The Labute approximate surface area is 40.3 Å². The summed E-state index contributed by atoms with van der Waals surface area (Å²) in [5.74, 6) is 0. The van der Waals surface area contributed by atoms with Gasteiger partial charge in [-0.25, -0.2) is 0 Å². The second-order valence-corrected chi connectivity index (χ2v) is 0.0680. The zero-order valence-corrected chi connectivity index (χ0v) is 2.68. The molecule has 0 heterocycles. The number of hydrogen-bond acceptors (Lipinski definition) is 2. The van der Waals surface area contributed by atoms with E-state index in [0.29, 0.717) is 0 Å². The maximum absolute atomic E-state index is 7.88. The zero-order chi connectivity index (χ0) is 2.71. The average molecular weight is 120 g/mol. The topological polar surface area (TPSA) is 51.4 Å². The van der Waals surface area contributed by atoms with E-state index in [9.17, 15) is 0 Å². The van der Waals surface area contributed by atoms with Crippen molar-refractivity contribution in [3.8, 4) is 0 Å². The van der Waals surface area contributed by atoms with Gasteiger partial charge in [0.25, 0.3) is 0 Å². The second-order valence-electron chi connectivity index (χ2n) is 0.0680. The first-order valence-electron chi connectivity index (χ1n) is 0.333. The third-order valence-corrected chi connectivity index (χ3v) is 0. The summed E-state index contributed by atoms with van der Waals surface area (Å²) < 4.78 is 1.75. The van der Waals surface area contributed by atoms with Crippen molar-refractivity contribution in [3.63, 3.8) is 0 Å². The van der Waals surface area contributed by atoms with Crippen molar-refractivity contribution in [2.24, 2.45) is 0 Å². The second kappa shape index (κ2) is 39.5. The maximum Gasteiger partial charge on any atom is 0.154 e. The van der Waals surface area contributed by atoms with Crippen molar-refractivity contribution >= 4 is 0 Å². The molecule has 34 valence electrons. The Kier molecular flexibility index (Phi) is 162. The first-order valence-corrected chi connectivity index (χ1v) is 0.333. The molecule has 0 fully saturated rings. The van der Waals surface area contributed by atoms with Gasteiger partial charge in [0.2, 0.25) is 0 Å². The normalized spacial score (nSPS) is 2.40. The Balaban J connectivity index is -0.0000000200. The van der Waals surface area contributed by atoms with E-state index in [1.165, 1.54) is 0 Å². The Hall–Kier alpha value is -0.0805. The SMILES string of the molecule is C.O=[O+][O-].[Fe]. The van der Waals surface area contributed by atoms with Crippen LogP contribution in [0.5, 0.6) is 0 Å². The van der Waals surface area contributed by atoms with Gasteiger partial charge >= 0.3 is 0 Å². The molecule has 0 N–H and O–H groups in total. The van der Waals surface area contributed by atoms with Gasteiger partial charge in [0.15, 0.2) is 4.75 Å². The van der Waals surface area contributed by atoms with Crippen LogP contribution in [0.2, 0.25) is 0 Å². The third kappa shape index (κ3) is 2230. The van der Waals surface area contributed by atoms with Gasteiger partial charge in [-0.3, -0.25) is 0 Å². The molecule has 0 saturated carbocycles. The monoisotopic (exact) mass is 120 g/mol. The molecule has 0 aromatic rings. The molecule has 0 rings (SSSR count). The zero-order valence-electron chi connectivity index (χ0n) is 1.58. The van der Waals surface area contributed by atoms with E-state index in [1.54, 1.807) is 4.75 Å². The standard InChI is InChI=1S/CH4.Fe.O3/c;;1-3-2/h1H4;;. The quantitative estimate of drug-likeness (QED) is 0.187. The molecule has 4 heteroatoms. The molecule has 0 aromatic heterocycles. The number of rotatable bonds is 0. The van der Waals surface area contributed by atoms with Crippen molar-refractivity contribution in [3.05, 3.63) is 9.71 Å². The molecule has 0 saturated heterocycles. The van der Waals surface area contributed by atoms with Gasteiger partial charge in [0.1, 0.15) is 0 Å². The van der Waals surface area contributed by atoms with Crippen LogP contribution in [0.4, 0.5) is 0 Å². The molecule has 0 bridgehead atoms. The summed E-state index contributed by atoms with van der Waals surface area (Å²) in [5, 5.41) is 7.88. The molecule has 0 aliphatic rings. The molecular formula is CH4FeO3. The molecule has 0 aliphatic heterocycles. The number of hydrogen-bond donors (Lipinski definition) is 0. The summed E-state index contributed by atoms with van der Waals surface area (Å²) in [6.07, 6.45) is 0. The van der Waals surface area contributed by atoms with Gasteiger partial charge in [0, 0.05) is 17.1 Å². The molecule has 0 aliphatic carbocycles. The van der Waals surface area contributed by atoms with Crippen LogP contribution in [0.15, 0.2) is 0 Å². The van der Waals surface area contributed by atoms with E-state index in [0.717, 1.165) is 0 Å². The van der Waals surface area contributed by atoms with E-state index in [-0.39, 0.29) is 24.5 Å². The predicted octanol–water partition coefficient (Wildman–Crippen LogP) is -0.488. The smallest absolute Gasteiger partial charge is 0.0776 e. The minimum absolute atomic E-state index is 0. The first-order chi connectivity index (χ1) is 1.41. The third-order valence-electron chi connectivity index (χ3n) is 0. The summed E-state index contributed by atoms with van der Waals surface area (Å²) in [6.45, 7) is 0. The largest absolute Gasteiger partial charge is 0.154 e. The summed E-state index contributed by atoms with van der Waals surface area (Å²) in [4.78, 5) is 7.88. The van der Waals surface area contributed by atoms with Crippen molar-refractivity contribution in [1.82, 2.24) is 0 Å². The van der Waals surface area contributed by atoms with Gasteiger partial charge in [-0.05, 0) is 0 Å². The fourth-order valence-electron chi connectivity index (χ4n) is 0. The van der Waals surface area contributed by atoms with Crippen LogP contribution in [0.1, 0.15) is 7.43 Å². The predicted molar refractivity (Wildman–Crippen MR) is 13.5 cm³/mol. The molecule has 5 heavy (non-hydrogen) atoms. The molecule has 0 spiro atoms. The van der Waals surface area contributed by atoms with Crippen LogP contribution in [-0.4, -0.2) is 0 Å². The van der Waals surface area contributed by atoms with Gasteiger partial charge in [-0.2, -0.15) is 0 Å². The molecular weight excluding hydrogens is 116 g/mol. The van der Waals surface area contributed by atoms with Crippen LogP contribution in [-0.2, 0) is 17.1 Å². The Morgan fingerprint density at radius 1 is 1.60 bits per heavy atom. The summed E-state index contributed by atoms with van der Waals surface area (Å²) in [5.41, 5.74) is 0.